The number of aromatic nitrogens is 3. The van der Waals surface area contributed by atoms with Crippen LogP contribution in [0, 0.1) is 13.8 Å². The maximum atomic E-state index is 8.96. The predicted molar refractivity (Wildman–Crippen MR) is 66.1 cm³/mol. The average molecular weight is 251 g/mol. The van der Waals surface area contributed by atoms with E-state index in [4.69, 9.17) is 10.8 Å². The molecule has 5 nitrogen and oxygen atoms in total. The normalized spacial score (nSPS) is 10.8. The lowest BCUT2D eigenvalue weighted by atomic mass is 10.3. The number of aryl methyl sites for hydroxylation is 1. The zero-order valence-corrected chi connectivity index (χ0v) is 10.7. The standard InChI is InChI=1S/C11H15N4OS/c1-7-10(3-4-16)17-6-15(7)9-5-13-8(2)14-11(9)12/h5-6,16H,3-4H2,1-2H3,(H2,12,13,14)/q+1. The second-order valence-corrected chi connectivity index (χ2v) is 4.70. The number of hydrogen-bond acceptors (Lipinski definition) is 5. The van der Waals surface area contributed by atoms with Crippen molar-refractivity contribution in [1.29, 1.82) is 0 Å². The number of thiazole rings is 1. The molecular formula is C11H15N4OS+. The number of nitrogens with zero attached hydrogens (tertiary/aromatic N) is 3. The molecule has 2 aromatic heterocycles. The van der Waals surface area contributed by atoms with Gasteiger partial charge in [0.15, 0.2) is 5.69 Å². The van der Waals surface area contributed by atoms with Crippen molar-refractivity contribution < 1.29 is 9.67 Å². The third-order valence-corrected chi connectivity index (χ3v) is 3.68. The number of anilines is 1. The van der Waals surface area contributed by atoms with Crippen LogP contribution in [0.15, 0.2) is 11.7 Å². The lowest BCUT2D eigenvalue weighted by Crippen LogP contribution is -2.33. The van der Waals surface area contributed by atoms with Crippen LogP contribution >= 0.6 is 11.3 Å². The van der Waals surface area contributed by atoms with E-state index in [-0.39, 0.29) is 6.61 Å². The molecule has 2 aromatic rings. The van der Waals surface area contributed by atoms with Crippen molar-refractivity contribution in [3.05, 3.63) is 28.1 Å². The second-order valence-electron chi connectivity index (χ2n) is 3.76. The highest BCUT2D eigenvalue weighted by molar-refractivity contribution is 7.09. The van der Waals surface area contributed by atoms with Crippen molar-refractivity contribution in [2.75, 3.05) is 12.3 Å². The molecule has 0 aliphatic heterocycles. The van der Waals surface area contributed by atoms with E-state index in [1.54, 1.807) is 17.5 Å². The Bertz CT molecular complexity index is 538. The molecule has 0 atom stereocenters. The molecule has 0 saturated carbocycles. The average Bonchev–Trinajstić information content (AvgIpc) is 2.62. The highest BCUT2D eigenvalue weighted by Crippen LogP contribution is 2.16. The van der Waals surface area contributed by atoms with Gasteiger partial charge < -0.3 is 10.8 Å². The Morgan fingerprint density at radius 3 is 2.88 bits per heavy atom. The zero-order chi connectivity index (χ0) is 12.4. The van der Waals surface area contributed by atoms with Crippen LogP contribution in [0.1, 0.15) is 16.4 Å². The molecule has 6 heteroatoms. The first-order valence-electron chi connectivity index (χ1n) is 5.32. The van der Waals surface area contributed by atoms with Gasteiger partial charge in [0.2, 0.25) is 11.3 Å². The zero-order valence-electron chi connectivity index (χ0n) is 9.84. The number of aliphatic hydroxyl groups is 1. The summed E-state index contributed by atoms with van der Waals surface area (Å²) in [5.74, 6) is 1.13. The number of nitrogens with two attached hydrogens (primary N) is 1. The molecule has 17 heavy (non-hydrogen) atoms. The van der Waals surface area contributed by atoms with E-state index in [1.807, 2.05) is 23.9 Å². The van der Waals surface area contributed by atoms with Gasteiger partial charge in [-0.05, 0) is 6.92 Å². The van der Waals surface area contributed by atoms with Gasteiger partial charge in [0.1, 0.15) is 12.0 Å². The third-order valence-electron chi connectivity index (χ3n) is 2.58. The van der Waals surface area contributed by atoms with Crippen LogP contribution in [0.25, 0.3) is 5.69 Å². The van der Waals surface area contributed by atoms with E-state index >= 15 is 0 Å². The Kier molecular flexibility index (Phi) is 3.35. The fourth-order valence-electron chi connectivity index (χ4n) is 1.66. The number of nitrogen functional groups attached to an aromatic ring is 1. The largest absolute Gasteiger partial charge is 0.396 e. The number of aliphatic hydroxyl groups excluding tert-OH is 1. The summed E-state index contributed by atoms with van der Waals surface area (Å²) in [4.78, 5) is 9.45. The van der Waals surface area contributed by atoms with Crippen molar-refractivity contribution in [3.63, 3.8) is 0 Å². The van der Waals surface area contributed by atoms with Gasteiger partial charge in [0, 0.05) is 20.0 Å². The second kappa shape index (κ2) is 4.77. The molecule has 0 aromatic carbocycles. The predicted octanol–water partition coefficient (Wildman–Crippen LogP) is 0.549. The Balaban J connectivity index is 2.46. The minimum absolute atomic E-state index is 0.154. The van der Waals surface area contributed by atoms with Gasteiger partial charge in [-0.1, -0.05) is 11.3 Å². The first-order valence-corrected chi connectivity index (χ1v) is 6.20. The molecule has 0 bridgehead atoms. The number of rotatable bonds is 3. The minimum atomic E-state index is 0.154. The molecule has 0 fully saturated rings. The van der Waals surface area contributed by atoms with Gasteiger partial charge in [-0.15, -0.1) is 4.57 Å². The summed E-state index contributed by atoms with van der Waals surface area (Å²) in [5, 5.41) is 8.96. The quantitative estimate of drug-likeness (QED) is 0.781. The fourth-order valence-corrected chi connectivity index (χ4v) is 2.64. The monoisotopic (exact) mass is 251 g/mol. The van der Waals surface area contributed by atoms with E-state index in [0.29, 0.717) is 18.1 Å². The smallest absolute Gasteiger partial charge is 0.272 e. The lowest BCUT2D eigenvalue weighted by molar-refractivity contribution is -0.597. The molecule has 0 spiro atoms. The summed E-state index contributed by atoms with van der Waals surface area (Å²) in [6.07, 6.45) is 2.39. The molecule has 2 rings (SSSR count). The van der Waals surface area contributed by atoms with Crippen LogP contribution in [0.4, 0.5) is 5.82 Å². The lowest BCUT2D eigenvalue weighted by Gasteiger charge is -1.99. The minimum Gasteiger partial charge on any atom is -0.396 e. The van der Waals surface area contributed by atoms with E-state index in [9.17, 15) is 0 Å². The molecule has 0 aliphatic rings. The molecule has 0 amide bonds. The molecule has 3 N–H and O–H groups in total. The van der Waals surface area contributed by atoms with Gasteiger partial charge in [0.05, 0.1) is 4.88 Å². The van der Waals surface area contributed by atoms with E-state index in [1.165, 1.54) is 0 Å². The van der Waals surface area contributed by atoms with Gasteiger partial charge in [-0.3, -0.25) is 0 Å². The van der Waals surface area contributed by atoms with Crippen LogP contribution in [0.2, 0.25) is 0 Å². The molecule has 90 valence electrons. The topological polar surface area (TPSA) is 75.9 Å². The Morgan fingerprint density at radius 2 is 2.24 bits per heavy atom. The van der Waals surface area contributed by atoms with Crippen LogP contribution in [0.3, 0.4) is 0 Å². The molecule has 2 heterocycles. The maximum absolute atomic E-state index is 8.96. The summed E-state index contributed by atoms with van der Waals surface area (Å²) in [7, 11) is 0. The third kappa shape index (κ3) is 2.27. The first kappa shape index (κ1) is 11.9. The van der Waals surface area contributed by atoms with Crippen molar-refractivity contribution >= 4 is 17.2 Å². The first-order chi connectivity index (χ1) is 8.13. The van der Waals surface area contributed by atoms with E-state index in [0.717, 1.165) is 16.3 Å². The Morgan fingerprint density at radius 1 is 1.47 bits per heavy atom. The SMILES string of the molecule is Cc1ncc(-[n+]2csc(CCO)c2C)c(N)n1. The molecule has 0 aliphatic carbocycles. The summed E-state index contributed by atoms with van der Waals surface area (Å²) in [6.45, 7) is 3.96. The van der Waals surface area contributed by atoms with Crippen LogP contribution in [-0.2, 0) is 6.42 Å². The van der Waals surface area contributed by atoms with Crippen LogP contribution < -0.4 is 10.3 Å². The highest BCUT2D eigenvalue weighted by atomic mass is 32.1. The summed E-state index contributed by atoms with van der Waals surface area (Å²) in [5.41, 5.74) is 9.71. The molecule has 0 unspecified atom stereocenters. The fraction of sp³-hybridized carbons (Fsp3) is 0.364. The molecular weight excluding hydrogens is 236 g/mol. The Labute approximate surface area is 104 Å². The van der Waals surface area contributed by atoms with Gasteiger partial charge in [-0.25, -0.2) is 9.97 Å². The van der Waals surface area contributed by atoms with E-state index in [2.05, 4.69) is 9.97 Å². The van der Waals surface area contributed by atoms with Crippen molar-refractivity contribution in [2.45, 2.75) is 20.3 Å². The molecule has 0 radical (unpaired) electrons. The van der Waals surface area contributed by atoms with Crippen molar-refractivity contribution in [3.8, 4) is 5.69 Å². The maximum Gasteiger partial charge on any atom is 0.272 e. The summed E-state index contributed by atoms with van der Waals surface area (Å²) >= 11 is 1.60. The van der Waals surface area contributed by atoms with Gasteiger partial charge in [0.25, 0.3) is 5.69 Å². The van der Waals surface area contributed by atoms with Gasteiger partial charge >= 0.3 is 0 Å². The van der Waals surface area contributed by atoms with E-state index < -0.39 is 0 Å². The molecule has 0 saturated heterocycles. The van der Waals surface area contributed by atoms with Crippen molar-refractivity contribution in [2.24, 2.45) is 0 Å². The van der Waals surface area contributed by atoms with Gasteiger partial charge in [-0.2, -0.15) is 0 Å². The van der Waals surface area contributed by atoms with Crippen LogP contribution in [0.5, 0.6) is 0 Å². The number of hydrogen-bond donors (Lipinski definition) is 2. The van der Waals surface area contributed by atoms with Crippen molar-refractivity contribution in [1.82, 2.24) is 9.97 Å². The Hall–Kier alpha value is -1.53. The summed E-state index contributed by atoms with van der Waals surface area (Å²) in [6, 6.07) is 0. The highest BCUT2D eigenvalue weighted by Gasteiger charge is 2.20. The van der Waals surface area contributed by atoms with Crippen LogP contribution in [-0.4, -0.2) is 21.7 Å². The summed E-state index contributed by atoms with van der Waals surface area (Å²) < 4.78 is 1.96.